The lowest BCUT2D eigenvalue weighted by Crippen LogP contribution is -2.27. The van der Waals surface area contributed by atoms with Crippen LogP contribution in [0.3, 0.4) is 0 Å². The van der Waals surface area contributed by atoms with E-state index in [1.807, 2.05) is 5.38 Å². The average molecular weight is 198 g/mol. The number of aromatic nitrogens is 1. The molecule has 0 bridgehead atoms. The topological polar surface area (TPSA) is 66.0 Å². The molecule has 0 aliphatic carbocycles. The number of nitrogens with two attached hydrogens (primary N) is 1. The van der Waals surface area contributed by atoms with Crippen LogP contribution in [0, 0.1) is 5.41 Å². The number of nitrogens with zero attached hydrogens (tertiary/aromatic N) is 2. The van der Waals surface area contributed by atoms with E-state index in [0.717, 1.165) is 18.2 Å². The van der Waals surface area contributed by atoms with E-state index in [1.54, 1.807) is 17.5 Å². The lowest BCUT2D eigenvalue weighted by atomic mass is 10.4. The van der Waals surface area contributed by atoms with Crippen LogP contribution < -0.4 is 10.6 Å². The fourth-order valence-corrected chi connectivity index (χ4v) is 1.75. The number of rotatable bonds is 5. The summed E-state index contributed by atoms with van der Waals surface area (Å²) in [5.74, 6) is 0.231. The van der Waals surface area contributed by atoms with Gasteiger partial charge in [0.15, 0.2) is 5.13 Å². The van der Waals surface area contributed by atoms with Crippen molar-refractivity contribution < 1.29 is 0 Å². The van der Waals surface area contributed by atoms with Crippen LogP contribution in [0.25, 0.3) is 0 Å². The molecule has 0 atom stereocenters. The molecule has 0 aliphatic heterocycles. The largest absolute Gasteiger partial charge is 0.388 e. The van der Waals surface area contributed by atoms with Gasteiger partial charge in [-0.15, -0.1) is 11.3 Å². The molecule has 0 aromatic carbocycles. The van der Waals surface area contributed by atoms with E-state index < -0.39 is 0 Å². The molecule has 0 spiro atoms. The highest BCUT2D eigenvalue weighted by Crippen LogP contribution is 2.16. The second kappa shape index (κ2) is 4.81. The Labute approximate surface area is 81.9 Å². The van der Waals surface area contributed by atoms with Crippen molar-refractivity contribution >= 4 is 22.3 Å². The zero-order valence-electron chi connectivity index (χ0n) is 7.66. The van der Waals surface area contributed by atoms with E-state index in [4.69, 9.17) is 11.1 Å². The van der Waals surface area contributed by atoms with E-state index >= 15 is 0 Å². The van der Waals surface area contributed by atoms with Gasteiger partial charge in [-0.2, -0.15) is 0 Å². The molecule has 13 heavy (non-hydrogen) atoms. The summed E-state index contributed by atoms with van der Waals surface area (Å²) in [6, 6.07) is 0. The average Bonchev–Trinajstić information content (AvgIpc) is 2.58. The van der Waals surface area contributed by atoms with Crippen molar-refractivity contribution in [2.75, 3.05) is 18.0 Å². The molecular weight excluding hydrogens is 184 g/mol. The Bertz CT molecular complexity index is 257. The molecule has 1 rings (SSSR count). The summed E-state index contributed by atoms with van der Waals surface area (Å²) >= 11 is 1.61. The highest BCUT2D eigenvalue weighted by atomic mass is 32.1. The van der Waals surface area contributed by atoms with E-state index in [9.17, 15) is 0 Å². The maximum Gasteiger partial charge on any atom is 0.185 e. The summed E-state index contributed by atoms with van der Waals surface area (Å²) in [6.07, 6.45) is 2.39. The van der Waals surface area contributed by atoms with E-state index in [-0.39, 0.29) is 5.84 Å². The van der Waals surface area contributed by atoms with Crippen molar-refractivity contribution in [1.29, 1.82) is 5.41 Å². The van der Waals surface area contributed by atoms with E-state index in [1.165, 1.54) is 0 Å². The van der Waals surface area contributed by atoms with Gasteiger partial charge in [0.1, 0.15) is 0 Å². The summed E-state index contributed by atoms with van der Waals surface area (Å²) in [4.78, 5) is 6.32. The molecule has 0 aliphatic rings. The smallest absolute Gasteiger partial charge is 0.185 e. The van der Waals surface area contributed by atoms with Crippen LogP contribution in [0.1, 0.15) is 13.3 Å². The molecule has 0 saturated carbocycles. The number of anilines is 1. The van der Waals surface area contributed by atoms with Gasteiger partial charge in [0.2, 0.25) is 0 Å². The zero-order valence-corrected chi connectivity index (χ0v) is 8.47. The van der Waals surface area contributed by atoms with Gasteiger partial charge in [0, 0.05) is 31.1 Å². The van der Waals surface area contributed by atoms with Gasteiger partial charge >= 0.3 is 0 Å². The van der Waals surface area contributed by atoms with Crippen molar-refractivity contribution in [1.82, 2.24) is 4.98 Å². The first-order valence-electron chi connectivity index (χ1n) is 4.21. The Morgan fingerprint density at radius 3 is 3.00 bits per heavy atom. The Morgan fingerprint density at radius 2 is 2.54 bits per heavy atom. The maximum atomic E-state index is 7.12. The van der Waals surface area contributed by atoms with Gasteiger partial charge in [0.25, 0.3) is 0 Å². The number of amidine groups is 1. The van der Waals surface area contributed by atoms with Crippen molar-refractivity contribution in [3.63, 3.8) is 0 Å². The van der Waals surface area contributed by atoms with Crippen LogP contribution in [0.5, 0.6) is 0 Å². The molecule has 0 fully saturated rings. The van der Waals surface area contributed by atoms with Crippen LogP contribution >= 0.6 is 11.3 Å². The van der Waals surface area contributed by atoms with Gasteiger partial charge in [-0.05, 0) is 6.92 Å². The lowest BCUT2D eigenvalue weighted by Gasteiger charge is -2.18. The molecule has 1 aromatic heterocycles. The van der Waals surface area contributed by atoms with Crippen LogP contribution in [-0.2, 0) is 0 Å². The van der Waals surface area contributed by atoms with Crippen molar-refractivity contribution in [2.45, 2.75) is 13.3 Å². The Kier molecular flexibility index (Phi) is 3.70. The monoisotopic (exact) mass is 198 g/mol. The Balaban J connectivity index is 2.49. The van der Waals surface area contributed by atoms with Crippen LogP contribution in [0.2, 0.25) is 0 Å². The highest BCUT2D eigenvalue weighted by Gasteiger charge is 2.06. The Morgan fingerprint density at radius 1 is 1.77 bits per heavy atom. The van der Waals surface area contributed by atoms with E-state index in [2.05, 4.69) is 16.8 Å². The standard InChI is InChI=1S/C8H14N4S/c1-2-12(5-3-7(9)10)8-11-4-6-13-8/h4,6H,2-3,5H2,1H3,(H3,9,10). The normalized spacial score (nSPS) is 9.92. The molecule has 4 nitrogen and oxygen atoms in total. The summed E-state index contributed by atoms with van der Waals surface area (Å²) in [5, 5.41) is 10.1. The fraction of sp³-hybridized carbons (Fsp3) is 0.500. The molecule has 3 N–H and O–H groups in total. The van der Waals surface area contributed by atoms with Crippen LogP contribution in [0.4, 0.5) is 5.13 Å². The first-order valence-corrected chi connectivity index (χ1v) is 5.09. The minimum atomic E-state index is 0.231. The third kappa shape index (κ3) is 3.02. The molecule has 0 unspecified atom stereocenters. The van der Waals surface area contributed by atoms with Crippen molar-refractivity contribution in [2.24, 2.45) is 5.73 Å². The van der Waals surface area contributed by atoms with E-state index in [0.29, 0.717) is 6.42 Å². The Hall–Kier alpha value is -1.10. The number of hydrogen-bond donors (Lipinski definition) is 2. The van der Waals surface area contributed by atoms with Crippen molar-refractivity contribution in [3.05, 3.63) is 11.6 Å². The lowest BCUT2D eigenvalue weighted by molar-refractivity contribution is 0.826. The quantitative estimate of drug-likeness (QED) is 0.553. The van der Waals surface area contributed by atoms with Gasteiger partial charge in [-0.1, -0.05) is 0 Å². The van der Waals surface area contributed by atoms with Crippen LogP contribution in [0.15, 0.2) is 11.6 Å². The molecule has 0 radical (unpaired) electrons. The fourth-order valence-electron chi connectivity index (χ4n) is 1.02. The number of hydrogen-bond acceptors (Lipinski definition) is 4. The second-order valence-electron chi connectivity index (χ2n) is 2.67. The summed E-state index contributed by atoms with van der Waals surface area (Å²) in [7, 11) is 0. The first-order chi connectivity index (χ1) is 6.24. The maximum absolute atomic E-state index is 7.12. The summed E-state index contributed by atoms with van der Waals surface area (Å²) in [5.41, 5.74) is 5.29. The number of thiazole rings is 1. The summed E-state index contributed by atoms with van der Waals surface area (Å²) in [6.45, 7) is 3.75. The third-order valence-electron chi connectivity index (χ3n) is 1.72. The SMILES string of the molecule is CCN(CCC(=N)N)c1nccs1. The molecular formula is C8H14N4S. The van der Waals surface area contributed by atoms with Crippen LogP contribution in [-0.4, -0.2) is 23.9 Å². The van der Waals surface area contributed by atoms with Crippen molar-refractivity contribution in [3.8, 4) is 0 Å². The van der Waals surface area contributed by atoms with Gasteiger partial charge < -0.3 is 10.6 Å². The zero-order chi connectivity index (χ0) is 9.68. The van der Waals surface area contributed by atoms with Gasteiger partial charge in [0.05, 0.1) is 5.84 Å². The minimum Gasteiger partial charge on any atom is -0.388 e. The highest BCUT2D eigenvalue weighted by molar-refractivity contribution is 7.13. The molecule has 72 valence electrons. The molecule has 0 saturated heterocycles. The molecule has 1 heterocycles. The summed E-state index contributed by atoms with van der Waals surface area (Å²) < 4.78 is 0. The molecule has 0 amide bonds. The second-order valence-corrected chi connectivity index (χ2v) is 3.54. The molecule has 1 aromatic rings. The van der Waals surface area contributed by atoms with Gasteiger partial charge in [-0.25, -0.2) is 4.98 Å². The third-order valence-corrected chi connectivity index (χ3v) is 2.55. The van der Waals surface area contributed by atoms with Gasteiger partial charge in [-0.3, -0.25) is 5.41 Å². The predicted octanol–water partition coefficient (Wildman–Crippen LogP) is 1.30. The number of nitrogens with one attached hydrogen (secondary N) is 1. The first kappa shape index (κ1) is 9.98. The minimum absolute atomic E-state index is 0.231. The predicted molar refractivity (Wildman–Crippen MR) is 56.5 cm³/mol. The molecule has 5 heteroatoms.